The van der Waals surface area contributed by atoms with Crippen LogP contribution in [-0.2, 0) is 4.79 Å². The van der Waals surface area contributed by atoms with Gasteiger partial charge in [0, 0.05) is 13.0 Å². The van der Waals surface area contributed by atoms with Crippen LogP contribution in [-0.4, -0.2) is 12.5 Å². The maximum Gasteiger partial charge on any atom is 0.220 e. The first-order valence-electron chi connectivity index (χ1n) is 7.02. The topological polar surface area (TPSA) is 29.1 Å². The minimum absolute atomic E-state index is 0.277. The molecule has 2 heteroatoms. The largest absolute Gasteiger partial charge is 0.356 e. The van der Waals surface area contributed by atoms with E-state index in [1.54, 1.807) is 0 Å². The maximum atomic E-state index is 11.7. The summed E-state index contributed by atoms with van der Waals surface area (Å²) in [4.78, 5) is 11.7. The van der Waals surface area contributed by atoms with Crippen molar-refractivity contribution in [1.29, 1.82) is 0 Å². The van der Waals surface area contributed by atoms with Crippen molar-refractivity contribution in [2.45, 2.75) is 65.2 Å². The summed E-state index contributed by atoms with van der Waals surface area (Å²) in [5.41, 5.74) is 0. The zero-order valence-corrected chi connectivity index (χ0v) is 10.9. The van der Waals surface area contributed by atoms with Gasteiger partial charge in [0.15, 0.2) is 0 Å². The van der Waals surface area contributed by atoms with Gasteiger partial charge in [-0.25, -0.2) is 0 Å². The van der Waals surface area contributed by atoms with Gasteiger partial charge in [0.1, 0.15) is 0 Å². The number of hydrogen-bond acceptors (Lipinski definition) is 1. The highest BCUT2D eigenvalue weighted by Gasteiger charge is 2.17. The van der Waals surface area contributed by atoms with E-state index in [-0.39, 0.29) is 5.91 Å². The average Bonchev–Trinajstić information content (AvgIpc) is 2.31. The highest BCUT2D eigenvalue weighted by atomic mass is 16.1. The Morgan fingerprint density at radius 2 is 1.81 bits per heavy atom. The first kappa shape index (κ1) is 13.5. The standard InChI is InChI=1S/C14H27NO/c1-3-12(4-2)11-15-14(16)10-13-8-6-5-7-9-13/h12-13H,3-11H2,1-2H3,(H,15,16). The van der Waals surface area contributed by atoms with Crippen molar-refractivity contribution < 1.29 is 4.79 Å². The molecule has 94 valence electrons. The minimum atomic E-state index is 0.277. The molecule has 0 bridgehead atoms. The van der Waals surface area contributed by atoms with Crippen molar-refractivity contribution in [3.63, 3.8) is 0 Å². The minimum Gasteiger partial charge on any atom is -0.356 e. The molecule has 0 radical (unpaired) electrons. The Morgan fingerprint density at radius 3 is 2.38 bits per heavy atom. The van der Waals surface area contributed by atoms with Gasteiger partial charge in [-0.05, 0) is 24.7 Å². The average molecular weight is 225 g/mol. The first-order chi connectivity index (χ1) is 7.76. The molecular weight excluding hydrogens is 198 g/mol. The number of carbonyl (C=O) groups excluding carboxylic acids is 1. The second kappa shape index (κ2) is 7.70. The second-order valence-electron chi connectivity index (χ2n) is 5.19. The number of amides is 1. The smallest absolute Gasteiger partial charge is 0.220 e. The van der Waals surface area contributed by atoms with Gasteiger partial charge < -0.3 is 5.32 Å². The van der Waals surface area contributed by atoms with Crippen LogP contribution in [0.5, 0.6) is 0 Å². The van der Waals surface area contributed by atoms with Crippen LogP contribution < -0.4 is 5.32 Å². The lowest BCUT2D eigenvalue weighted by molar-refractivity contribution is -0.122. The van der Waals surface area contributed by atoms with Crippen molar-refractivity contribution in [1.82, 2.24) is 5.32 Å². The van der Waals surface area contributed by atoms with Crippen LogP contribution in [0.3, 0.4) is 0 Å². The molecule has 0 saturated heterocycles. The summed E-state index contributed by atoms with van der Waals surface area (Å²) in [7, 11) is 0. The molecule has 0 unspecified atom stereocenters. The fourth-order valence-electron chi connectivity index (χ4n) is 2.56. The van der Waals surface area contributed by atoms with E-state index >= 15 is 0 Å². The van der Waals surface area contributed by atoms with Gasteiger partial charge in [0.05, 0.1) is 0 Å². The molecule has 1 aliphatic rings. The zero-order valence-electron chi connectivity index (χ0n) is 10.9. The van der Waals surface area contributed by atoms with E-state index < -0.39 is 0 Å². The third-order valence-electron chi connectivity index (χ3n) is 3.94. The van der Waals surface area contributed by atoms with Gasteiger partial charge in [0.25, 0.3) is 0 Å². The third kappa shape index (κ3) is 5.00. The summed E-state index contributed by atoms with van der Waals surface area (Å²) < 4.78 is 0. The molecular formula is C14H27NO. The molecule has 1 rings (SSSR count). The van der Waals surface area contributed by atoms with Crippen molar-refractivity contribution >= 4 is 5.91 Å². The molecule has 16 heavy (non-hydrogen) atoms. The molecule has 0 spiro atoms. The molecule has 0 aromatic heterocycles. The predicted octanol–water partition coefficient (Wildman–Crippen LogP) is 3.51. The van der Waals surface area contributed by atoms with Crippen molar-refractivity contribution in [2.75, 3.05) is 6.54 Å². The summed E-state index contributed by atoms with van der Waals surface area (Å²) in [6, 6.07) is 0. The van der Waals surface area contributed by atoms with Gasteiger partial charge in [0.2, 0.25) is 5.91 Å². The van der Waals surface area contributed by atoms with Gasteiger partial charge >= 0.3 is 0 Å². The lowest BCUT2D eigenvalue weighted by Gasteiger charge is -2.21. The van der Waals surface area contributed by atoms with Gasteiger partial charge in [-0.1, -0.05) is 46.0 Å². The van der Waals surface area contributed by atoms with E-state index in [1.807, 2.05) is 0 Å². The predicted molar refractivity (Wildman–Crippen MR) is 68.3 cm³/mol. The fourth-order valence-corrected chi connectivity index (χ4v) is 2.56. The molecule has 0 atom stereocenters. The van der Waals surface area contributed by atoms with E-state index in [0.29, 0.717) is 11.8 Å². The summed E-state index contributed by atoms with van der Waals surface area (Å²) in [6.07, 6.45) is 9.64. The fraction of sp³-hybridized carbons (Fsp3) is 0.929. The highest BCUT2D eigenvalue weighted by Crippen LogP contribution is 2.26. The van der Waals surface area contributed by atoms with Crippen molar-refractivity contribution in [3.05, 3.63) is 0 Å². The first-order valence-corrected chi connectivity index (χ1v) is 7.02. The number of hydrogen-bond donors (Lipinski definition) is 1. The van der Waals surface area contributed by atoms with Gasteiger partial charge in [-0.2, -0.15) is 0 Å². The van der Waals surface area contributed by atoms with E-state index in [9.17, 15) is 4.79 Å². The van der Waals surface area contributed by atoms with E-state index in [1.165, 1.54) is 44.9 Å². The molecule has 2 nitrogen and oxygen atoms in total. The number of carbonyl (C=O) groups is 1. The Balaban J connectivity index is 2.14. The van der Waals surface area contributed by atoms with E-state index in [2.05, 4.69) is 19.2 Å². The monoisotopic (exact) mass is 225 g/mol. The molecule has 0 heterocycles. The molecule has 0 aromatic carbocycles. The Hall–Kier alpha value is -0.530. The maximum absolute atomic E-state index is 11.7. The Kier molecular flexibility index (Phi) is 6.51. The van der Waals surface area contributed by atoms with Crippen LogP contribution in [0.1, 0.15) is 65.2 Å². The Morgan fingerprint density at radius 1 is 1.19 bits per heavy atom. The molecule has 1 aliphatic carbocycles. The van der Waals surface area contributed by atoms with Crippen LogP contribution in [0.2, 0.25) is 0 Å². The summed E-state index contributed by atoms with van der Waals surface area (Å²) in [6.45, 7) is 5.27. The van der Waals surface area contributed by atoms with Crippen LogP contribution in [0.4, 0.5) is 0 Å². The van der Waals surface area contributed by atoms with Gasteiger partial charge in [-0.3, -0.25) is 4.79 Å². The zero-order chi connectivity index (χ0) is 11.8. The van der Waals surface area contributed by atoms with Crippen LogP contribution in [0.15, 0.2) is 0 Å². The normalized spacial score (nSPS) is 17.7. The third-order valence-corrected chi connectivity index (χ3v) is 3.94. The SMILES string of the molecule is CCC(CC)CNC(=O)CC1CCCCC1. The summed E-state index contributed by atoms with van der Waals surface area (Å²) in [5.74, 6) is 1.60. The van der Waals surface area contributed by atoms with Crippen LogP contribution in [0, 0.1) is 11.8 Å². The number of rotatable bonds is 6. The quantitative estimate of drug-likeness (QED) is 0.736. The van der Waals surface area contributed by atoms with Gasteiger partial charge in [-0.15, -0.1) is 0 Å². The van der Waals surface area contributed by atoms with Crippen molar-refractivity contribution in [3.8, 4) is 0 Å². The lowest BCUT2D eigenvalue weighted by Crippen LogP contribution is -2.30. The summed E-state index contributed by atoms with van der Waals surface area (Å²) >= 11 is 0. The molecule has 1 N–H and O–H groups in total. The Bertz CT molecular complexity index is 193. The highest BCUT2D eigenvalue weighted by molar-refractivity contribution is 5.76. The molecule has 0 aliphatic heterocycles. The van der Waals surface area contributed by atoms with E-state index in [0.717, 1.165) is 13.0 Å². The Labute approximate surface area is 100 Å². The molecule has 1 amide bonds. The van der Waals surface area contributed by atoms with Crippen LogP contribution in [0.25, 0.3) is 0 Å². The molecule has 0 aromatic rings. The van der Waals surface area contributed by atoms with E-state index in [4.69, 9.17) is 0 Å². The molecule has 1 saturated carbocycles. The summed E-state index contributed by atoms with van der Waals surface area (Å²) in [5, 5.41) is 3.09. The lowest BCUT2D eigenvalue weighted by atomic mass is 9.87. The van der Waals surface area contributed by atoms with Crippen molar-refractivity contribution in [2.24, 2.45) is 11.8 Å². The second-order valence-corrected chi connectivity index (χ2v) is 5.19. The number of nitrogens with one attached hydrogen (secondary N) is 1. The molecule has 1 fully saturated rings. The van der Waals surface area contributed by atoms with Crippen LogP contribution >= 0.6 is 0 Å².